The summed E-state index contributed by atoms with van der Waals surface area (Å²) in [5.74, 6) is 2.88. The highest BCUT2D eigenvalue weighted by atomic mass is 32.2. The summed E-state index contributed by atoms with van der Waals surface area (Å²) in [6.45, 7) is 34.3. The van der Waals surface area contributed by atoms with E-state index in [1.165, 1.54) is 44.9 Å². The first kappa shape index (κ1) is 88.5. The lowest BCUT2D eigenvalue weighted by Gasteiger charge is -2.62. The van der Waals surface area contributed by atoms with Gasteiger partial charge in [0.05, 0.1) is 57.4 Å². The van der Waals surface area contributed by atoms with Crippen LogP contribution in [0.15, 0.2) is 0 Å². The van der Waals surface area contributed by atoms with E-state index in [4.69, 9.17) is 51.6 Å². The van der Waals surface area contributed by atoms with E-state index in [1.54, 1.807) is 41.5 Å². The lowest BCUT2D eigenvalue weighted by molar-refractivity contribution is -0.231. The van der Waals surface area contributed by atoms with E-state index >= 15 is 0 Å². The average molecular weight is 1570 g/mol. The maximum absolute atomic E-state index is 12.8. The lowest BCUT2D eigenvalue weighted by Crippen LogP contribution is -2.63. The molecule has 2 heterocycles. The second kappa shape index (κ2) is 34.6. The lowest BCUT2D eigenvalue weighted by atomic mass is 9.47. The molecular weight excluding hydrogens is 1440 g/mol. The van der Waals surface area contributed by atoms with E-state index in [9.17, 15) is 61.5 Å². The van der Waals surface area contributed by atoms with E-state index in [0.29, 0.717) is 93.0 Å². The molecule has 2 aliphatic heterocycles. The van der Waals surface area contributed by atoms with Gasteiger partial charge >= 0.3 is 59.7 Å². The topological polar surface area (TPSA) is 327 Å². The highest BCUT2D eigenvalue weighted by molar-refractivity contribution is 7.87. The van der Waals surface area contributed by atoms with Crippen molar-refractivity contribution in [2.24, 2.45) is 104 Å². The Bertz CT molecular complexity index is 3380. The zero-order chi connectivity index (χ0) is 81.3. The zero-order valence-electron chi connectivity index (χ0n) is 69.5. The van der Waals surface area contributed by atoms with Crippen molar-refractivity contribution in [2.75, 3.05) is 33.0 Å². The van der Waals surface area contributed by atoms with Gasteiger partial charge in [-0.15, -0.1) is 0 Å². The third-order valence-electron chi connectivity index (χ3n) is 28.8. The second-order valence-electron chi connectivity index (χ2n) is 39.0. The van der Waals surface area contributed by atoms with Crippen LogP contribution in [0.4, 0.5) is 0 Å². The molecule has 14 bridgehead atoms. The molecule has 0 aromatic heterocycles. The number of carbonyl (C=O) groups excluding carboxylic acids is 10. The summed E-state index contributed by atoms with van der Waals surface area (Å²) < 4.78 is 82.3. The van der Waals surface area contributed by atoms with Crippen LogP contribution in [0.3, 0.4) is 0 Å². The van der Waals surface area contributed by atoms with Crippen LogP contribution < -0.4 is 0 Å². The molecule has 1 N–H and O–H groups in total. The first-order valence-corrected chi connectivity index (χ1v) is 43.2. The van der Waals surface area contributed by atoms with Crippen molar-refractivity contribution in [1.82, 2.24) is 0 Å². The fourth-order valence-corrected chi connectivity index (χ4v) is 22.6. The fourth-order valence-electron chi connectivity index (χ4n) is 20.7. The molecule has 0 radical (unpaired) electrons. The van der Waals surface area contributed by atoms with Crippen molar-refractivity contribution in [2.45, 2.75) is 338 Å². The van der Waals surface area contributed by atoms with Gasteiger partial charge in [-0.3, -0.25) is 37.7 Å². The molecule has 16 aliphatic rings. The summed E-state index contributed by atoms with van der Waals surface area (Å²) in [5.41, 5.74) is -4.04. The highest BCUT2D eigenvalue weighted by Crippen LogP contribution is 2.64. The summed E-state index contributed by atoms with van der Waals surface area (Å²) in [5, 5.41) is 10.2. The van der Waals surface area contributed by atoms with Crippen LogP contribution in [-0.2, 0) is 110 Å². The minimum absolute atomic E-state index is 0.00904. The minimum atomic E-state index is -3.56. The number of ether oxygens (including phenoxy) is 10. The Morgan fingerprint density at radius 1 is 0.491 bits per heavy atom. The predicted octanol–water partition coefficient (Wildman–Crippen LogP) is 13.8. The van der Waals surface area contributed by atoms with Crippen LogP contribution in [0.1, 0.15) is 292 Å². The maximum atomic E-state index is 12.8. The van der Waals surface area contributed by atoms with Gasteiger partial charge in [0, 0.05) is 24.7 Å². The van der Waals surface area contributed by atoms with E-state index in [2.05, 4.69) is 27.7 Å². The van der Waals surface area contributed by atoms with Crippen LogP contribution in [0.5, 0.6) is 0 Å². The highest BCUT2D eigenvalue weighted by Gasteiger charge is 2.66. The van der Waals surface area contributed by atoms with Crippen LogP contribution >= 0.6 is 0 Å². The van der Waals surface area contributed by atoms with Crippen molar-refractivity contribution < 1.29 is 113 Å². The number of fused-ring (bicyclic) bond motifs is 1. The number of carbonyl (C=O) groups is 10. The van der Waals surface area contributed by atoms with Gasteiger partial charge in [-0.1, -0.05) is 48.5 Å². The number of rotatable bonds is 26. The molecular formula is C85H134O24S. The Hall–Kier alpha value is -5.43. The number of esters is 10. The van der Waals surface area contributed by atoms with Gasteiger partial charge in [-0.05, 0) is 283 Å². The van der Waals surface area contributed by atoms with Gasteiger partial charge in [0.15, 0.2) is 13.2 Å². The first-order valence-electron chi connectivity index (χ1n) is 41.8. The monoisotopic (exact) mass is 1570 g/mol. The van der Waals surface area contributed by atoms with Crippen molar-refractivity contribution in [3.05, 3.63) is 0 Å². The van der Waals surface area contributed by atoms with Gasteiger partial charge in [0.2, 0.25) is 6.10 Å². The molecule has 0 amide bonds. The van der Waals surface area contributed by atoms with Crippen molar-refractivity contribution in [3.8, 4) is 0 Å². The molecule has 16 rings (SSSR count). The third-order valence-corrected chi connectivity index (χ3v) is 30.5. The number of aliphatic hydroxyl groups is 1. The normalized spacial score (nSPS) is 35.1. The minimum Gasteiger partial charge on any atom is -0.463 e. The van der Waals surface area contributed by atoms with E-state index in [0.717, 1.165) is 87.9 Å². The Morgan fingerprint density at radius 3 is 1.42 bits per heavy atom. The molecule has 0 aromatic carbocycles. The Balaban J connectivity index is 0.000000161. The Labute approximate surface area is 654 Å². The number of cyclic esters (lactones) is 1. The van der Waals surface area contributed by atoms with Gasteiger partial charge in [0.1, 0.15) is 42.2 Å². The van der Waals surface area contributed by atoms with Crippen LogP contribution in [-0.4, -0.2) is 152 Å². The molecule has 8 unspecified atom stereocenters. The van der Waals surface area contributed by atoms with E-state index < -0.39 is 116 Å². The van der Waals surface area contributed by atoms with Crippen LogP contribution in [0.25, 0.3) is 0 Å². The average Bonchev–Trinajstić information content (AvgIpc) is 1.28. The molecule has 2 saturated heterocycles. The fraction of sp³-hybridized carbons (Fsp3) is 0.882. The molecule has 110 heavy (non-hydrogen) atoms. The van der Waals surface area contributed by atoms with Crippen molar-refractivity contribution in [1.29, 1.82) is 0 Å². The molecule has 24 nitrogen and oxygen atoms in total. The number of hydrogen-bond acceptors (Lipinski definition) is 24. The zero-order valence-corrected chi connectivity index (χ0v) is 70.3. The van der Waals surface area contributed by atoms with Crippen molar-refractivity contribution >= 4 is 69.8 Å². The second-order valence-corrected chi connectivity index (χ2v) is 40.8. The standard InChI is InChI=1S/C21H32O6.C19H28O9S.C19H32O2.C16H26O3.C10H16O4/c1-5-20(2,3)19(24)26-11-17(22)25-12-18(23)27-21(4)15-7-13-6-14(9-15)10-16(21)8-13;1-4-19(2,3)18(22)26-8-7-25-14(20)5-6-15(21)27-16-11-9-12-13(10-11)29(23,24)28-17(12)16;1-6-18(4,5)17(20)21-19(12(2)3)15-8-13-7-14(10-15)11-16(19)9-13;1-4-14(2,3)13(17)19-16-8-11-5-12(9-16)7-15(18,6-11)10-16;1-4-10(2,3)9(12)14-7-5-6-13-8(7)11/h13-16H,5-12H2,1-4H3;11-13,16-17H,4-10H2,1-3H3;12-16H,6-11H2,1-5H3;11-12,18H,4-10H2,1-3H3;7H,4-6H2,1-3H3. The maximum Gasteiger partial charge on any atom is 0.347 e. The SMILES string of the molecule is CCC(C)(C)C(=O)OC1(C(C)C)C2CC3CC(C2)CC1C3.CCC(C)(C)C(=O)OC12CC3CC(CC(O)(C3)C1)C2.CCC(C)(C)C(=O)OC1CCOC1=O.CCC(C)(C)C(=O)OCC(=O)OCC(=O)OC1(C)C2CC3CC(C2)CC1C3.CCC(C)(C)C(=O)OCCOC(=O)CCC(=O)OC1C2CC3C1OS(=O)(=O)C3C2. The molecule has 624 valence electrons. The van der Waals surface area contributed by atoms with Crippen LogP contribution in [0, 0.1) is 104 Å². The van der Waals surface area contributed by atoms with Gasteiger partial charge in [0.25, 0.3) is 10.1 Å². The summed E-state index contributed by atoms with van der Waals surface area (Å²) in [7, 11) is -3.56. The van der Waals surface area contributed by atoms with Gasteiger partial charge < -0.3 is 52.5 Å². The Morgan fingerprint density at radius 2 is 0.936 bits per heavy atom. The number of hydrogen-bond donors (Lipinski definition) is 1. The molecule has 14 saturated carbocycles. The molecule has 16 fully saturated rings. The quantitative estimate of drug-likeness (QED) is 0.0364. The third kappa shape index (κ3) is 20.1. The molecule has 14 aliphatic carbocycles. The largest absolute Gasteiger partial charge is 0.463 e. The summed E-state index contributed by atoms with van der Waals surface area (Å²) in [6.07, 6.45) is 21.2. The van der Waals surface area contributed by atoms with Crippen LogP contribution in [0.2, 0.25) is 0 Å². The molecule has 8 atom stereocenters. The van der Waals surface area contributed by atoms with Crippen molar-refractivity contribution in [3.63, 3.8) is 0 Å². The predicted molar refractivity (Wildman–Crippen MR) is 403 cm³/mol. The van der Waals surface area contributed by atoms with Gasteiger partial charge in [-0.2, -0.15) is 8.42 Å². The smallest absolute Gasteiger partial charge is 0.347 e. The van der Waals surface area contributed by atoms with E-state index in [-0.39, 0.29) is 78.4 Å². The summed E-state index contributed by atoms with van der Waals surface area (Å²) in [6, 6.07) is 0. The first-order chi connectivity index (χ1) is 51.2. The Kier molecular flexibility index (Phi) is 27.8. The summed E-state index contributed by atoms with van der Waals surface area (Å²) >= 11 is 0. The van der Waals surface area contributed by atoms with Gasteiger partial charge in [-0.25, -0.2) is 14.4 Å². The summed E-state index contributed by atoms with van der Waals surface area (Å²) in [4.78, 5) is 119. The molecule has 0 aromatic rings. The molecule has 25 heteroatoms. The molecule has 0 spiro atoms. The van der Waals surface area contributed by atoms with E-state index in [1.807, 2.05) is 55.4 Å².